The maximum absolute atomic E-state index is 12.8. The van der Waals surface area contributed by atoms with Gasteiger partial charge in [-0.25, -0.2) is 18.1 Å². The molecule has 0 spiro atoms. The number of pyridine rings is 1. The lowest BCUT2D eigenvalue weighted by atomic mass is 10.0. The summed E-state index contributed by atoms with van der Waals surface area (Å²) < 4.78 is 34.6. The summed E-state index contributed by atoms with van der Waals surface area (Å²) in [4.78, 5) is 16.8. The molecule has 4 rings (SSSR count). The van der Waals surface area contributed by atoms with Gasteiger partial charge in [0.1, 0.15) is 5.02 Å². The van der Waals surface area contributed by atoms with Gasteiger partial charge in [-0.2, -0.15) is 9.40 Å². The van der Waals surface area contributed by atoms with Gasteiger partial charge in [-0.15, -0.1) is 0 Å². The molecule has 0 aromatic carbocycles. The van der Waals surface area contributed by atoms with Gasteiger partial charge >= 0.3 is 0 Å². The Morgan fingerprint density at radius 2 is 2.00 bits per heavy atom. The number of rotatable bonds is 6. The molecule has 2 aromatic heterocycles. The van der Waals surface area contributed by atoms with Crippen molar-refractivity contribution in [2.75, 3.05) is 38.2 Å². The van der Waals surface area contributed by atoms with Crippen molar-refractivity contribution in [3.8, 4) is 0 Å². The van der Waals surface area contributed by atoms with Crippen LogP contribution in [0.3, 0.4) is 0 Å². The highest BCUT2D eigenvalue weighted by atomic mass is 79.9. The fourth-order valence-corrected chi connectivity index (χ4v) is 5.84. The average Bonchev–Trinajstić information content (AvgIpc) is 2.81. The summed E-state index contributed by atoms with van der Waals surface area (Å²) in [5.74, 6) is 0.383. The molecule has 1 atom stereocenters. The van der Waals surface area contributed by atoms with Gasteiger partial charge in [-0.05, 0) is 59.7 Å². The summed E-state index contributed by atoms with van der Waals surface area (Å²) in [6.07, 6.45) is 6.07. The summed E-state index contributed by atoms with van der Waals surface area (Å²) >= 11 is 9.60. The normalized spacial score (nSPS) is 20.9. The molecule has 0 aliphatic carbocycles. The van der Waals surface area contributed by atoms with Crippen molar-refractivity contribution in [1.82, 2.24) is 19.1 Å². The highest BCUT2D eigenvalue weighted by Crippen LogP contribution is 2.27. The number of nitrogens with zero attached hydrogens (tertiary/aromatic N) is 4. The van der Waals surface area contributed by atoms with E-state index in [1.54, 1.807) is 12.3 Å². The molecule has 174 valence electrons. The molecule has 2 aromatic rings. The minimum Gasteiger partial charge on any atom is -0.382 e. The molecule has 0 unspecified atom stereocenters. The molecule has 2 aliphatic rings. The maximum Gasteiger partial charge on any atom is 0.287 e. The Morgan fingerprint density at radius 3 is 2.66 bits per heavy atom. The topological polar surface area (TPSA) is 106 Å². The smallest absolute Gasteiger partial charge is 0.287 e. The number of halogens is 2. The monoisotopic (exact) mass is 545 g/mol. The van der Waals surface area contributed by atoms with Gasteiger partial charge in [-0.1, -0.05) is 11.6 Å². The molecule has 9 nitrogen and oxygen atoms in total. The number of ether oxygens (including phenoxy) is 1. The van der Waals surface area contributed by atoms with Gasteiger partial charge in [0, 0.05) is 36.9 Å². The summed E-state index contributed by atoms with van der Waals surface area (Å²) in [5.41, 5.74) is 0.146. The fraction of sp³-hybridized carbons (Fsp3) is 0.550. The van der Waals surface area contributed by atoms with Crippen molar-refractivity contribution >= 4 is 43.2 Å². The molecule has 4 heterocycles. The van der Waals surface area contributed by atoms with Crippen molar-refractivity contribution in [3.05, 3.63) is 44.4 Å². The summed E-state index contributed by atoms with van der Waals surface area (Å²) in [5, 5.41) is 7.65. The van der Waals surface area contributed by atoms with Crippen LogP contribution in [0.2, 0.25) is 5.02 Å². The lowest BCUT2D eigenvalue weighted by Gasteiger charge is -2.31. The SMILES string of the molecule is O=c1c(Cl)c(NC[C@H]2CCCOC2)cnn1C1CCN(S(=O)(=O)c2ccc(Br)cn2)CC1. The number of piperidine rings is 1. The zero-order valence-corrected chi connectivity index (χ0v) is 20.6. The van der Waals surface area contributed by atoms with Crippen molar-refractivity contribution in [3.63, 3.8) is 0 Å². The third-order valence-corrected chi connectivity index (χ3v) is 8.50. The highest BCUT2D eigenvalue weighted by molar-refractivity contribution is 9.10. The Hall–Kier alpha value is -1.53. The molecule has 0 saturated carbocycles. The van der Waals surface area contributed by atoms with E-state index in [9.17, 15) is 13.2 Å². The van der Waals surface area contributed by atoms with Crippen LogP contribution in [-0.4, -0.2) is 60.3 Å². The minimum atomic E-state index is -3.68. The number of anilines is 1. The van der Waals surface area contributed by atoms with E-state index in [0.717, 1.165) is 19.4 Å². The van der Waals surface area contributed by atoms with Crippen LogP contribution in [0, 0.1) is 5.92 Å². The predicted molar refractivity (Wildman–Crippen MR) is 125 cm³/mol. The van der Waals surface area contributed by atoms with E-state index >= 15 is 0 Å². The van der Waals surface area contributed by atoms with E-state index in [1.165, 1.54) is 21.3 Å². The lowest BCUT2D eigenvalue weighted by molar-refractivity contribution is 0.0595. The Bertz CT molecular complexity index is 1100. The molecule has 12 heteroatoms. The second-order valence-electron chi connectivity index (χ2n) is 8.04. The molecular weight excluding hydrogens is 522 g/mol. The first-order valence-electron chi connectivity index (χ1n) is 10.6. The van der Waals surface area contributed by atoms with Crippen molar-refractivity contribution in [2.24, 2.45) is 5.92 Å². The average molecular weight is 547 g/mol. The first kappa shape index (κ1) is 23.6. The van der Waals surface area contributed by atoms with Crippen LogP contribution in [0.15, 0.2) is 38.8 Å². The summed E-state index contributed by atoms with van der Waals surface area (Å²) in [6, 6.07) is 2.91. The fourth-order valence-electron chi connectivity index (χ4n) is 4.03. The second-order valence-corrected chi connectivity index (χ2v) is 11.2. The summed E-state index contributed by atoms with van der Waals surface area (Å²) in [6.45, 7) is 2.72. The Kier molecular flexibility index (Phi) is 7.51. The zero-order chi connectivity index (χ0) is 22.7. The summed E-state index contributed by atoms with van der Waals surface area (Å²) in [7, 11) is -3.68. The number of nitrogens with one attached hydrogen (secondary N) is 1. The third-order valence-electron chi connectivity index (χ3n) is 5.85. The third kappa shape index (κ3) is 5.17. The van der Waals surface area contributed by atoms with Gasteiger partial charge in [0.05, 0.1) is 24.5 Å². The molecule has 2 aliphatic heterocycles. The number of sulfonamides is 1. The Balaban J connectivity index is 1.40. The Labute approximate surface area is 200 Å². The molecular formula is C20H25BrClN5O4S. The zero-order valence-electron chi connectivity index (χ0n) is 17.4. The molecule has 0 radical (unpaired) electrons. The highest BCUT2D eigenvalue weighted by Gasteiger charge is 2.32. The maximum atomic E-state index is 12.8. The van der Waals surface area contributed by atoms with Crippen LogP contribution < -0.4 is 10.9 Å². The number of hydrogen-bond donors (Lipinski definition) is 1. The number of aromatic nitrogens is 3. The molecule has 0 amide bonds. The molecule has 2 saturated heterocycles. The molecule has 1 N–H and O–H groups in total. The molecule has 2 fully saturated rings. The van der Waals surface area contributed by atoms with Gasteiger partial charge in [-0.3, -0.25) is 4.79 Å². The van der Waals surface area contributed by atoms with E-state index < -0.39 is 10.0 Å². The molecule has 0 bridgehead atoms. The van der Waals surface area contributed by atoms with Crippen LogP contribution in [0.1, 0.15) is 31.7 Å². The standard InChI is InChI=1S/C20H25BrClN5O4S/c21-15-3-4-18(24-11-15)32(29,30)26-7-5-16(6-8-26)27-20(28)19(22)17(12-25-27)23-10-14-2-1-9-31-13-14/h3-4,11-12,14,16,23H,1-2,5-10,13H2/t14-/m1/s1. The van der Waals surface area contributed by atoms with E-state index in [1.807, 2.05) is 0 Å². The minimum absolute atomic E-state index is 0.0104. The van der Waals surface area contributed by atoms with Gasteiger partial charge in [0.15, 0.2) is 5.03 Å². The van der Waals surface area contributed by atoms with Crippen LogP contribution in [0.5, 0.6) is 0 Å². The largest absolute Gasteiger partial charge is 0.382 e. The number of hydrogen-bond acceptors (Lipinski definition) is 7. The van der Waals surface area contributed by atoms with E-state index in [-0.39, 0.29) is 34.7 Å². The van der Waals surface area contributed by atoms with E-state index in [4.69, 9.17) is 16.3 Å². The second kappa shape index (κ2) is 10.2. The first-order valence-corrected chi connectivity index (χ1v) is 13.2. The van der Waals surface area contributed by atoms with Gasteiger partial charge in [0.2, 0.25) is 0 Å². The molecule has 32 heavy (non-hydrogen) atoms. The predicted octanol–water partition coefficient (Wildman–Crippen LogP) is 2.92. The first-order chi connectivity index (χ1) is 15.4. The van der Waals surface area contributed by atoms with E-state index in [2.05, 4.69) is 31.3 Å². The van der Waals surface area contributed by atoms with Crippen molar-refractivity contribution < 1.29 is 13.2 Å². The van der Waals surface area contributed by atoms with Gasteiger partial charge in [0.25, 0.3) is 15.6 Å². The Morgan fingerprint density at radius 1 is 1.22 bits per heavy atom. The van der Waals surface area contributed by atoms with E-state index in [0.29, 0.717) is 42.1 Å². The van der Waals surface area contributed by atoms with Crippen LogP contribution in [0.25, 0.3) is 0 Å². The quantitative estimate of drug-likeness (QED) is 0.594. The van der Waals surface area contributed by atoms with Crippen LogP contribution >= 0.6 is 27.5 Å². The van der Waals surface area contributed by atoms with Crippen LogP contribution in [-0.2, 0) is 14.8 Å². The van der Waals surface area contributed by atoms with Crippen molar-refractivity contribution in [2.45, 2.75) is 36.8 Å². The van der Waals surface area contributed by atoms with Crippen LogP contribution in [0.4, 0.5) is 5.69 Å². The lowest BCUT2D eigenvalue weighted by Crippen LogP contribution is -2.41. The van der Waals surface area contributed by atoms with Gasteiger partial charge < -0.3 is 10.1 Å². The van der Waals surface area contributed by atoms with Crippen molar-refractivity contribution in [1.29, 1.82) is 0 Å².